The molecular weight excluding hydrogens is 306 g/mol. The maximum Gasteiger partial charge on any atom is 0.461 e. The van der Waals surface area contributed by atoms with Crippen molar-refractivity contribution in [2.75, 3.05) is 19.4 Å². The normalized spacial score (nSPS) is 13.2. The molecule has 0 bridgehead atoms. The van der Waals surface area contributed by atoms with E-state index in [1.54, 1.807) is 12.1 Å². The monoisotopic (exact) mass is 326 g/mol. The van der Waals surface area contributed by atoms with Crippen molar-refractivity contribution in [2.45, 2.75) is 13.0 Å². The number of aromatic amines is 1. The van der Waals surface area contributed by atoms with Crippen molar-refractivity contribution in [3.63, 3.8) is 0 Å². The van der Waals surface area contributed by atoms with Crippen molar-refractivity contribution >= 4 is 22.8 Å². The summed E-state index contributed by atoms with van der Waals surface area (Å²) in [4.78, 5) is 14.6. The molecule has 4 N–H and O–H groups in total. The zero-order valence-corrected chi connectivity index (χ0v) is 13.4. The van der Waals surface area contributed by atoms with Crippen LogP contribution in [0, 0.1) is 0 Å². The molecule has 0 saturated heterocycles. The highest BCUT2D eigenvalue weighted by molar-refractivity contribution is 5.78. The van der Waals surface area contributed by atoms with Crippen molar-refractivity contribution < 1.29 is 14.6 Å². The number of benzene rings is 2. The standard InChI is InChI=1S/C16H15N5O.CH4O/c17-13-5-6-15-14(9-13)18-19-21(15)16(22)20-8-7-11-3-1-2-4-12(11)10-20;1-2/h1-6,9H,7-8,10,17H2;2H,1H3/p+1. The maximum absolute atomic E-state index is 12.8. The summed E-state index contributed by atoms with van der Waals surface area (Å²) in [5, 5.41) is 13.9. The molecular formula is C17H20N5O2+. The van der Waals surface area contributed by atoms with Gasteiger partial charge >= 0.3 is 6.03 Å². The molecule has 1 aliphatic heterocycles. The van der Waals surface area contributed by atoms with E-state index in [-0.39, 0.29) is 6.03 Å². The van der Waals surface area contributed by atoms with Gasteiger partial charge in [-0.1, -0.05) is 28.9 Å². The lowest BCUT2D eigenvalue weighted by Gasteiger charge is -2.23. The minimum Gasteiger partial charge on any atom is -0.400 e. The Morgan fingerprint density at radius 3 is 2.79 bits per heavy atom. The number of aromatic nitrogens is 3. The molecule has 24 heavy (non-hydrogen) atoms. The quantitative estimate of drug-likeness (QED) is 0.425. The number of hydrogen-bond acceptors (Lipinski definition) is 4. The number of aliphatic hydroxyl groups excluding tert-OH is 1. The molecule has 7 nitrogen and oxygen atoms in total. The zero-order chi connectivity index (χ0) is 17.1. The summed E-state index contributed by atoms with van der Waals surface area (Å²) in [7, 11) is 1.00. The second-order valence-corrected chi connectivity index (χ2v) is 5.52. The Morgan fingerprint density at radius 2 is 2.00 bits per heavy atom. The molecule has 1 amide bonds. The number of nitrogen functional groups attached to an aromatic ring is 1. The Balaban J connectivity index is 0.000000815. The maximum atomic E-state index is 12.8. The summed E-state index contributed by atoms with van der Waals surface area (Å²) < 4.78 is 1.47. The fourth-order valence-corrected chi connectivity index (χ4v) is 2.92. The topological polar surface area (TPSA) is 99.1 Å². The molecule has 2 aromatic carbocycles. The second-order valence-electron chi connectivity index (χ2n) is 5.52. The van der Waals surface area contributed by atoms with Gasteiger partial charge in [-0.05, 0) is 28.4 Å². The highest BCUT2D eigenvalue weighted by Gasteiger charge is 2.29. The lowest BCUT2D eigenvalue weighted by atomic mass is 10.0. The predicted molar refractivity (Wildman–Crippen MR) is 90.2 cm³/mol. The number of nitrogens with zero attached hydrogens (tertiary/aromatic N) is 3. The summed E-state index contributed by atoms with van der Waals surface area (Å²) >= 11 is 0. The van der Waals surface area contributed by atoms with Crippen LogP contribution in [0.2, 0.25) is 0 Å². The summed E-state index contributed by atoms with van der Waals surface area (Å²) in [6.07, 6.45) is 0.876. The van der Waals surface area contributed by atoms with Crippen LogP contribution in [0.1, 0.15) is 11.1 Å². The average Bonchev–Trinajstić information content (AvgIpc) is 3.05. The first kappa shape index (κ1) is 15.9. The number of amides is 1. The molecule has 4 rings (SSSR count). The van der Waals surface area contributed by atoms with Crippen LogP contribution in [0.4, 0.5) is 10.5 Å². The van der Waals surface area contributed by atoms with E-state index in [1.165, 1.54) is 15.8 Å². The molecule has 0 saturated carbocycles. The second kappa shape index (κ2) is 6.67. The molecule has 1 aromatic heterocycles. The van der Waals surface area contributed by atoms with Crippen molar-refractivity contribution in [1.82, 2.24) is 15.2 Å². The van der Waals surface area contributed by atoms with Crippen LogP contribution in [0.15, 0.2) is 42.5 Å². The third-order valence-corrected chi connectivity index (χ3v) is 4.10. The van der Waals surface area contributed by atoms with Gasteiger partial charge in [0.05, 0.1) is 13.1 Å². The van der Waals surface area contributed by atoms with E-state index < -0.39 is 0 Å². The zero-order valence-electron chi connectivity index (χ0n) is 13.4. The Labute approximate surface area is 139 Å². The van der Waals surface area contributed by atoms with Gasteiger partial charge in [-0.15, -0.1) is 5.21 Å². The predicted octanol–water partition coefficient (Wildman–Crippen LogP) is 1.07. The van der Waals surface area contributed by atoms with Crippen LogP contribution in [0.25, 0.3) is 11.0 Å². The Hall–Kier alpha value is -2.93. The highest BCUT2D eigenvalue weighted by Crippen LogP contribution is 2.18. The van der Waals surface area contributed by atoms with Gasteiger partial charge in [0.2, 0.25) is 5.52 Å². The number of anilines is 1. The minimum absolute atomic E-state index is 0.0956. The Kier molecular flexibility index (Phi) is 4.43. The van der Waals surface area contributed by atoms with Crippen molar-refractivity contribution in [3.8, 4) is 0 Å². The van der Waals surface area contributed by atoms with Crippen LogP contribution in [0.3, 0.4) is 0 Å². The fourth-order valence-electron chi connectivity index (χ4n) is 2.92. The van der Waals surface area contributed by atoms with E-state index in [0.29, 0.717) is 24.3 Å². The Bertz CT molecular complexity index is 874. The van der Waals surface area contributed by atoms with Crippen LogP contribution >= 0.6 is 0 Å². The van der Waals surface area contributed by atoms with Crippen molar-refractivity contribution in [3.05, 3.63) is 53.6 Å². The fraction of sp³-hybridized carbons (Fsp3) is 0.235. The average molecular weight is 326 g/mol. The van der Waals surface area contributed by atoms with Gasteiger partial charge < -0.3 is 10.8 Å². The molecule has 0 fully saturated rings. The van der Waals surface area contributed by atoms with Crippen molar-refractivity contribution in [1.29, 1.82) is 0 Å². The van der Waals surface area contributed by atoms with E-state index >= 15 is 0 Å². The number of nitrogens with one attached hydrogen (secondary N) is 1. The number of aliphatic hydroxyl groups is 1. The molecule has 0 unspecified atom stereocenters. The number of H-pyrrole nitrogens is 1. The van der Waals surface area contributed by atoms with E-state index in [0.717, 1.165) is 19.0 Å². The van der Waals surface area contributed by atoms with E-state index in [4.69, 9.17) is 10.8 Å². The van der Waals surface area contributed by atoms with Gasteiger partial charge in [0.15, 0.2) is 5.52 Å². The van der Waals surface area contributed by atoms with Gasteiger partial charge in [-0.2, -0.15) is 0 Å². The van der Waals surface area contributed by atoms with Crippen LogP contribution in [0.5, 0.6) is 0 Å². The summed E-state index contributed by atoms with van der Waals surface area (Å²) in [6, 6.07) is 13.5. The number of fused-ring (bicyclic) bond motifs is 2. The van der Waals surface area contributed by atoms with Crippen LogP contribution in [-0.4, -0.2) is 40.0 Å². The highest BCUT2D eigenvalue weighted by atomic mass is 16.2. The molecule has 2 heterocycles. The van der Waals surface area contributed by atoms with Gasteiger partial charge in [-0.25, -0.2) is 4.79 Å². The molecule has 0 aliphatic carbocycles. The molecule has 0 atom stereocenters. The first-order valence-corrected chi connectivity index (χ1v) is 7.69. The summed E-state index contributed by atoms with van der Waals surface area (Å²) in [6.45, 7) is 1.33. The lowest BCUT2D eigenvalue weighted by molar-refractivity contribution is -0.617. The molecule has 1 aliphatic rings. The lowest BCUT2D eigenvalue weighted by Crippen LogP contribution is -2.55. The number of rotatable bonds is 0. The minimum atomic E-state index is -0.0956. The van der Waals surface area contributed by atoms with Gasteiger partial charge in [0.1, 0.15) is 0 Å². The third kappa shape index (κ3) is 2.81. The van der Waals surface area contributed by atoms with E-state index in [9.17, 15) is 4.79 Å². The van der Waals surface area contributed by atoms with Crippen LogP contribution < -0.4 is 10.4 Å². The van der Waals surface area contributed by atoms with Crippen molar-refractivity contribution in [2.24, 2.45) is 0 Å². The summed E-state index contributed by atoms with van der Waals surface area (Å²) in [5.41, 5.74) is 10.3. The third-order valence-electron chi connectivity index (χ3n) is 4.10. The first-order chi connectivity index (χ1) is 11.7. The van der Waals surface area contributed by atoms with Gasteiger partial charge in [0.25, 0.3) is 0 Å². The molecule has 3 aromatic rings. The summed E-state index contributed by atoms with van der Waals surface area (Å²) in [5.74, 6) is 0. The van der Waals surface area contributed by atoms with Gasteiger partial charge in [0, 0.05) is 25.3 Å². The molecule has 124 valence electrons. The number of carbonyl (C=O) groups is 1. The van der Waals surface area contributed by atoms with E-state index in [2.05, 4.69) is 22.4 Å². The first-order valence-electron chi connectivity index (χ1n) is 7.69. The molecule has 0 radical (unpaired) electrons. The number of nitrogens with two attached hydrogens (primary N) is 1. The van der Waals surface area contributed by atoms with E-state index in [1.807, 2.05) is 23.1 Å². The van der Waals surface area contributed by atoms with Gasteiger partial charge in [-0.3, -0.25) is 4.90 Å². The number of carbonyl (C=O) groups excluding carboxylic acids is 1. The number of hydrogen-bond donors (Lipinski definition) is 3. The molecule has 7 heteroatoms. The largest absolute Gasteiger partial charge is 0.461 e. The Morgan fingerprint density at radius 1 is 1.25 bits per heavy atom. The smallest absolute Gasteiger partial charge is 0.400 e. The molecule has 0 spiro atoms. The van der Waals surface area contributed by atoms with Crippen LogP contribution in [-0.2, 0) is 13.0 Å². The SMILES string of the molecule is CO.Nc1ccc2c(c1)n[nH][n+]2C(=O)N1CCc2ccccc2C1.